The maximum atomic E-state index is 9.62. The number of aliphatic hydroxyl groups is 1. The van der Waals surface area contributed by atoms with E-state index in [1.54, 1.807) is 7.11 Å². The van der Waals surface area contributed by atoms with Gasteiger partial charge in [0, 0.05) is 19.8 Å². The van der Waals surface area contributed by atoms with E-state index in [4.69, 9.17) is 9.47 Å². The van der Waals surface area contributed by atoms with Gasteiger partial charge in [0.05, 0.1) is 13.2 Å². The maximum Gasteiger partial charge on any atom is 0.111 e. The van der Waals surface area contributed by atoms with Crippen molar-refractivity contribution in [3.63, 3.8) is 0 Å². The molecule has 15 heavy (non-hydrogen) atoms. The van der Waals surface area contributed by atoms with Gasteiger partial charge in [0.2, 0.25) is 0 Å². The fourth-order valence-electron chi connectivity index (χ4n) is 1.22. The average molecular weight is 219 g/mol. The summed E-state index contributed by atoms with van der Waals surface area (Å²) >= 11 is 0. The minimum atomic E-state index is -0.715. The Bertz CT molecular complexity index is 139. The first-order valence-electron chi connectivity index (χ1n) is 5.50. The van der Waals surface area contributed by atoms with Gasteiger partial charge in [-0.1, -0.05) is 13.8 Å². The summed E-state index contributed by atoms with van der Waals surface area (Å²) in [5.41, 5.74) is -0.715. The number of rotatable bonds is 3. The third-order valence-corrected chi connectivity index (χ3v) is 2.29. The van der Waals surface area contributed by atoms with Gasteiger partial charge in [0.1, 0.15) is 5.60 Å². The van der Waals surface area contributed by atoms with Crippen molar-refractivity contribution < 1.29 is 14.6 Å². The predicted molar refractivity (Wildman–Crippen MR) is 61.1 cm³/mol. The lowest BCUT2D eigenvalue weighted by molar-refractivity contribution is -0.118. The highest BCUT2D eigenvalue weighted by molar-refractivity contribution is 4.80. The molecule has 0 aliphatic carbocycles. The molecule has 1 rings (SSSR count). The zero-order valence-corrected chi connectivity index (χ0v) is 10.4. The van der Waals surface area contributed by atoms with E-state index < -0.39 is 5.60 Å². The standard InChI is InChI=1S/C7H14O3.C4H11N/c1-9-5-7(8)3-2-4-10-6-7;1-4(2)5-3/h8H,2-6H2,1H3;4-5H,1-3H3. The van der Waals surface area contributed by atoms with Crippen molar-refractivity contribution in [1.82, 2.24) is 5.32 Å². The van der Waals surface area contributed by atoms with Crippen molar-refractivity contribution in [1.29, 1.82) is 0 Å². The molecule has 1 atom stereocenters. The predicted octanol–water partition coefficient (Wildman–Crippen LogP) is 0.788. The van der Waals surface area contributed by atoms with Crippen LogP contribution in [0.15, 0.2) is 0 Å². The summed E-state index contributed by atoms with van der Waals surface area (Å²) in [5, 5.41) is 12.6. The van der Waals surface area contributed by atoms with E-state index in [0.717, 1.165) is 19.4 Å². The van der Waals surface area contributed by atoms with E-state index in [1.165, 1.54) is 0 Å². The van der Waals surface area contributed by atoms with Gasteiger partial charge in [0.15, 0.2) is 0 Å². The molecule has 2 N–H and O–H groups in total. The van der Waals surface area contributed by atoms with Crippen LogP contribution in [0, 0.1) is 0 Å². The normalized spacial score (nSPS) is 26.0. The van der Waals surface area contributed by atoms with Crippen LogP contribution in [0.1, 0.15) is 26.7 Å². The minimum absolute atomic E-state index is 0.382. The van der Waals surface area contributed by atoms with Gasteiger partial charge in [-0.3, -0.25) is 0 Å². The van der Waals surface area contributed by atoms with Crippen LogP contribution in [0.2, 0.25) is 0 Å². The molecule has 1 fully saturated rings. The fourth-order valence-corrected chi connectivity index (χ4v) is 1.22. The Labute approximate surface area is 93.0 Å². The summed E-state index contributed by atoms with van der Waals surface area (Å²) in [4.78, 5) is 0. The van der Waals surface area contributed by atoms with Crippen LogP contribution in [0.4, 0.5) is 0 Å². The Morgan fingerprint density at radius 3 is 2.47 bits per heavy atom. The van der Waals surface area contributed by atoms with Crippen LogP contribution < -0.4 is 5.32 Å². The molecule has 0 bridgehead atoms. The molecule has 1 unspecified atom stereocenters. The molecule has 0 amide bonds. The topological polar surface area (TPSA) is 50.7 Å². The smallest absolute Gasteiger partial charge is 0.111 e. The largest absolute Gasteiger partial charge is 0.385 e. The lowest BCUT2D eigenvalue weighted by atomic mass is 9.98. The van der Waals surface area contributed by atoms with Gasteiger partial charge < -0.3 is 19.9 Å². The highest BCUT2D eigenvalue weighted by Crippen LogP contribution is 2.18. The third kappa shape index (κ3) is 7.73. The van der Waals surface area contributed by atoms with Crippen LogP contribution in [0.5, 0.6) is 0 Å². The van der Waals surface area contributed by atoms with E-state index in [0.29, 0.717) is 19.3 Å². The number of methoxy groups -OCH3 is 1. The molecule has 1 aliphatic rings. The van der Waals surface area contributed by atoms with Crippen molar-refractivity contribution >= 4 is 0 Å². The molecule has 92 valence electrons. The van der Waals surface area contributed by atoms with Crippen LogP contribution >= 0.6 is 0 Å². The van der Waals surface area contributed by atoms with Gasteiger partial charge in [-0.05, 0) is 19.9 Å². The SMILES string of the molecule is CNC(C)C.COCC1(O)CCCOC1. The minimum Gasteiger partial charge on any atom is -0.385 e. The third-order valence-electron chi connectivity index (χ3n) is 2.29. The second-order valence-electron chi connectivity index (χ2n) is 4.26. The molecule has 0 radical (unpaired) electrons. The molecule has 0 aromatic heterocycles. The average Bonchev–Trinajstić information content (AvgIpc) is 2.19. The quantitative estimate of drug-likeness (QED) is 0.737. The number of hydrogen-bond donors (Lipinski definition) is 2. The van der Waals surface area contributed by atoms with Crippen molar-refractivity contribution in [2.45, 2.75) is 38.3 Å². The summed E-state index contributed by atoms with van der Waals surface area (Å²) in [6.07, 6.45) is 1.72. The van der Waals surface area contributed by atoms with Gasteiger partial charge in [0.25, 0.3) is 0 Å². The van der Waals surface area contributed by atoms with Crippen molar-refractivity contribution in [2.75, 3.05) is 34.0 Å². The number of nitrogens with one attached hydrogen (secondary N) is 1. The number of ether oxygens (including phenoxy) is 2. The number of hydrogen-bond acceptors (Lipinski definition) is 4. The highest BCUT2D eigenvalue weighted by Gasteiger charge is 2.29. The van der Waals surface area contributed by atoms with E-state index >= 15 is 0 Å². The van der Waals surface area contributed by atoms with Gasteiger partial charge in [-0.15, -0.1) is 0 Å². The van der Waals surface area contributed by atoms with Gasteiger partial charge in [-0.25, -0.2) is 0 Å². The fraction of sp³-hybridized carbons (Fsp3) is 1.00. The zero-order valence-electron chi connectivity index (χ0n) is 10.4. The van der Waals surface area contributed by atoms with E-state index in [1.807, 2.05) is 7.05 Å². The Morgan fingerprint density at radius 2 is 2.13 bits per heavy atom. The summed E-state index contributed by atoms with van der Waals surface area (Å²) < 4.78 is 9.96. The Kier molecular flexibility index (Phi) is 7.96. The first kappa shape index (κ1) is 14.8. The molecule has 4 heteroatoms. The van der Waals surface area contributed by atoms with E-state index in [-0.39, 0.29) is 0 Å². The molecule has 1 heterocycles. The van der Waals surface area contributed by atoms with Crippen LogP contribution in [0.3, 0.4) is 0 Å². The summed E-state index contributed by atoms with van der Waals surface area (Å²) in [5.74, 6) is 0. The van der Waals surface area contributed by atoms with Crippen LogP contribution in [-0.4, -0.2) is 50.7 Å². The highest BCUT2D eigenvalue weighted by atomic mass is 16.5. The molecule has 0 aromatic rings. The summed E-state index contributed by atoms with van der Waals surface area (Å²) in [6, 6.07) is 0.634. The Morgan fingerprint density at radius 1 is 1.53 bits per heavy atom. The van der Waals surface area contributed by atoms with Crippen molar-refractivity contribution in [2.24, 2.45) is 0 Å². The second-order valence-corrected chi connectivity index (χ2v) is 4.26. The van der Waals surface area contributed by atoms with Crippen LogP contribution in [-0.2, 0) is 9.47 Å². The molecule has 1 saturated heterocycles. The Hall–Kier alpha value is -0.160. The first-order chi connectivity index (χ1) is 7.04. The van der Waals surface area contributed by atoms with E-state index in [9.17, 15) is 5.11 Å². The molecule has 0 spiro atoms. The molecular formula is C11H25NO3. The monoisotopic (exact) mass is 219 g/mol. The lowest BCUT2D eigenvalue weighted by Crippen LogP contribution is -2.42. The molecule has 0 aromatic carbocycles. The molecular weight excluding hydrogens is 194 g/mol. The van der Waals surface area contributed by atoms with E-state index in [2.05, 4.69) is 19.2 Å². The van der Waals surface area contributed by atoms with Gasteiger partial charge >= 0.3 is 0 Å². The molecule has 1 aliphatic heterocycles. The Balaban J connectivity index is 0.000000336. The first-order valence-corrected chi connectivity index (χ1v) is 5.50. The maximum absolute atomic E-state index is 9.62. The van der Waals surface area contributed by atoms with Crippen LogP contribution in [0.25, 0.3) is 0 Å². The molecule has 0 saturated carbocycles. The van der Waals surface area contributed by atoms with Gasteiger partial charge in [-0.2, -0.15) is 0 Å². The van der Waals surface area contributed by atoms with Crippen molar-refractivity contribution in [3.05, 3.63) is 0 Å². The van der Waals surface area contributed by atoms with Crippen molar-refractivity contribution in [3.8, 4) is 0 Å². The summed E-state index contributed by atoms with van der Waals surface area (Å²) in [7, 11) is 3.54. The summed E-state index contributed by atoms with van der Waals surface area (Å²) in [6.45, 7) is 5.79. The second kappa shape index (κ2) is 8.05. The molecule has 4 nitrogen and oxygen atoms in total. The lowest BCUT2D eigenvalue weighted by Gasteiger charge is -2.30. The zero-order chi connectivity index (χ0) is 11.7.